The second-order valence-electron chi connectivity index (χ2n) is 7.94. The number of halogens is 1. The van der Waals surface area contributed by atoms with Gasteiger partial charge in [0.05, 0.1) is 0 Å². The summed E-state index contributed by atoms with van der Waals surface area (Å²) in [7, 11) is 0. The number of nitrogens with zero attached hydrogens (tertiary/aromatic N) is 2. The fraction of sp³-hybridized carbons (Fsp3) is 0.308. The van der Waals surface area contributed by atoms with Crippen molar-refractivity contribution in [3.05, 3.63) is 88.4 Å². The van der Waals surface area contributed by atoms with Gasteiger partial charge in [0.2, 0.25) is 0 Å². The Kier molecular flexibility index (Phi) is 6.49. The number of aliphatic hydroxyl groups is 2. The third kappa shape index (κ3) is 3.92. The molecule has 1 aliphatic rings. The molecular formula is C26H29BrN2O2. The van der Waals surface area contributed by atoms with Crippen molar-refractivity contribution in [3.63, 3.8) is 0 Å². The molecule has 0 aliphatic carbocycles. The normalized spacial score (nSPS) is 20.3. The Morgan fingerprint density at radius 3 is 2.19 bits per heavy atom. The molecule has 0 amide bonds. The molecule has 1 aliphatic heterocycles. The van der Waals surface area contributed by atoms with Crippen molar-refractivity contribution in [2.45, 2.75) is 25.7 Å². The highest BCUT2D eigenvalue weighted by atomic mass is 79.9. The van der Waals surface area contributed by atoms with Gasteiger partial charge in [0.25, 0.3) is 0 Å². The van der Waals surface area contributed by atoms with Crippen LogP contribution >= 0.6 is 15.9 Å². The zero-order chi connectivity index (χ0) is 22.0. The van der Waals surface area contributed by atoms with Crippen LogP contribution in [0.3, 0.4) is 0 Å². The molecule has 3 aromatic carbocycles. The molecule has 31 heavy (non-hydrogen) atoms. The first kappa shape index (κ1) is 22.0. The SMILES string of the molecule is CCN(CC)CCN1c2cccc(Br)c2C(O)(c2ccc(-c3ccccc3)cc2)C1O. The average molecular weight is 481 g/mol. The summed E-state index contributed by atoms with van der Waals surface area (Å²) in [4.78, 5) is 4.24. The molecule has 0 saturated heterocycles. The lowest BCUT2D eigenvalue weighted by molar-refractivity contribution is -0.0391. The van der Waals surface area contributed by atoms with E-state index in [1.54, 1.807) is 0 Å². The number of hydrogen-bond donors (Lipinski definition) is 2. The second kappa shape index (κ2) is 9.13. The Morgan fingerprint density at radius 1 is 0.903 bits per heavy atom. The van der Waals surface area contributed by atoms with Gasteiger partial charge in [0.1, 0.15) is 0 Å². The summed E-state index contributed by atoms with van der Waals surface area (Å²) in [5, 5.41) is 23.3. The van der Waals surface area contributed by atoms with E-state index in [-0.39, 0.29) is 0 Å². The van der Waals surface area contributed by atoms with Gasteiger partial charge >= 0.3 is 0 Å². The molecule has 3 aromatic rings. The summed E-state index contributed by atoms with van der Waals surface area (Å²) in [5.74, 6) is 0. The van der Waals surface area contributed by atoms with E-state index in [0.717, 1.165) is 46.5 Å². The molecule has 4 nitrogen and oxygen atoms in total. The fourth-order valence-electron chi connectivity index (χ4n) is 4.49. The maximum absolute atomic E-state index is 11.9. The number of benzene rings is 3. The van der Waals surface area contributed by atoms with Gasteiger partial charge in [-0.15, -0.1) is 0 Å². The van der Waals surface area contributed by atoms with Crippen molar-refractivity contribution in [1.29, 1.82) is 0 Å². The third-order valence-corrected chi connectivity index (χ3v) is 7.00. The Hall–Kier alpha value is -2.18. The molecule has 2 atom stereocenters. The minimum atomic E-state index is -1.52. The van der Waals surface area contributed by atoms with Crippen molar-refractivity contribution in [2.24, 2.45) is 0 Å². The molecule has 2 N–H and O–H groups in total. The maximum Gasteiger partial charge on any atom is 0.164 e. The largest absolute Gasteiger partial charge is 0.375 e. The molecule has 0 bridgehead atoms. The topological polar surface area (TPSA) is 46.9 Å². The van der Waals surface area contributed by atoms with Crippen LogP contribution in [0.5, 0.6) is 0 Å². The van der Waals surface area contributed by atoms with Crippen LogP contribution in [-0.4, -0.2) is 47.5 Å². The Labute approximate surface area is 192 Å². The molecule has 0 radical (unpaired) electrons. The fourth-order valence-corrected chi connectivity index (χ4v) is 5.15. The lowest BCUT2D eigenvalue weighted by Gasteiger charge is -2.33. The zero-order valence-corrected chi connectivity index (χ0v) is 19.6. The third-order valence-electron chi connectivity index (χ3n) is 6.33. The average Bonchev–Trinajstić information content (AvgIpc) is 3.04. The molecule has 0 saturated carbocycles. The van der Waals surface area contributed by atoms with Crippen LogP contribution in [0.15, 0.2) is 77.3 Å². The molecule has 1 heterocycles. The molecule has 4 rings (SSSR count). The van der Waals surface area contributed by atoms with Crippen LogP contribution in [0.4, 0.5) is 5.69 Å². The number of fused-ring (bicyclic) bond motifs is 1. The molecular weight excluding hydrogens is 452 g/mol. The Balaban J connectivity index is 1.71. The quantitative estimate of drug-likeness (QED) is 0.508. The summed E-state index contributed by atoms with van der Waals surface area (Å²) >= 11 is 3.63. The zero-order valence-electron chi connectivity index (χ0n) is 18.0. The van der Waals surface area contributed by atoms with Crippen molar-refractivity contribution in [3.8, 4) is 11.1 Å². The van der Waals surface area contributed by atoms with Crippen LogP contribution in [-0.2, 0) is 5.60 Å². The van der Waals surface area contributed by atoms with E-state index in [1.807, 2.05) is 65.6 Å². The van der Waals surface area contributed by atoms with Gasteiger partial charge < -0.3 is 20.0 Å². The number of hydrogen-bond acceptors (Lipinski definition) is 4. The maximum atomic E-state index is 11.9. The van der Waals surface area contributed by atoms with Crippen LogP contribution in [0.1, 0.15) is 25.0 Å². The highest BCUT2D eigenvalue weighted by molar-refractivity contribution is 9.10. The van der Waals surface area contributed by atoms with E-state index >= 15 is 0 Å². The van der Waals surface area contributed by atoms with Gasteiger partial charge in [-0.25, -0.2) is 0 Å². The summed E-state index contributed by atoms with van der Waals surface area (Å²) < 4.78 is 0.795. The minimum Gasteiger partial charge on any atom is -0.375 e. The summed E-state index contributed by atoms with van der Waals surface area (Å²) in [6.07, 6.45) is -1.07. The van der Waals surface area contributed by atoms with E-state index in [2.05, 4.69) is 46.8 Å². The molecule has 0 aromatic heterocycles. The van der Waals surface area contributed by atoms with E-state index in [9.17, 15) is 10.2 Å². The van der Waals surface area contributed by atoms with E-state index in [4.69, 9.17) is 0 Å². The predicted molar refractivity (Wildman–Crippen MR) is 130 cm³/mol. The first-order chi connectivity index (χ1) is 15.0. The van der Waals surface area contributed by atoms with Gasteiger partial charge in [-0.2, -0.15) is 0 Å². The predicted octanol–water partition coefficient (Wildman–Crippen LogP) is 4.83. The minimum absolute atomic E-state index is 0.636. The Bertz CT molecular complexity index is 1020. The number of anilines is 1. The first-order valence-electron chi connectivity index (χ1n) is 10.8. The van der Waals surface area contributed by atoms with Crippen LogP contribution in [0.2, 0.25) is 0 Å². The molecule has 2 unspecified atom stereocenters. The summed E-state index contributed by atoms with van der Waals surface area (Å²) in [6, 6.07) is 23.8. The highest BCUT2D eigenvalue weighted by Crippen LogP contribution is 2.50. The lowest BCUT2D eigenvalue weighted by atomic mass is 9.86. The molecule has 5 heteroatoms. The van der Waals surface area contributed by atoms with Gasteiger partial charge in [0.15, 0.2) is 11.8 Å². The highest BCUT2D eigenvalue weighted by Gasteiger charge is 2.51. The van der Waals surface area contributed by atoms with Crippen molar-refractivity contribution in [1.82, 2.24) is 4.90 Å². The molecule has 0 spiro atoms. The lowest BCUT2D eigenvalue weighted by Crippen LogP contribution is -2.48. The van der Waals surface area contributed by atoms with Gasteiger partial charge in [0, 0.05) is 28.8 Å². The van der Waals surface area contributed by atoms with Crippen LogP contribution < -0.4 is 4.90 Å². The van der Waals surface area contributed by atoms with E-state index in [1.165, 1.54) is 0 Å². The second-order valence-corrected chi connectivity index (χ2v) is 8.79. The standard InChI is InChI=1S/C26H29BrN2O2/c1-3-28(4-2)17-18-29-23-12-8-11-22(27)24(23)26(31,25(29)30)21-15-13-20(14-16-21)19-9-6-5-7-10-19/h5-16,25,30-31H,3-4,17-18H2,1-2H3. The Morgan fingerprint density at radius 2 is 1.55 bits per heavy atom. The number of rotatable bonds is 7. The van der Waals surface area contributed by atoms with E-state index in [0.29, 0.717) is 12.1 Å². The van der Waals surface area contributed by atoms with Crippen molar-refractivity contribution in [2.75, 3.05) is 31.1 Å². The number of aliphatic hydroxyl groups excluding tert-OH is 1. The number of likely N-dealkylation sites (N-methyl/N-ethyl adjacent to an activating group) is 1. The summed E-state index contributed by atoms with van der Waals surface area (Å²) in [5.41, 5.74) is 2.94. The van der Waals surface area contributed by atoms with Crippen molar-refractivity contribution < 1.29 is 10.2 Å². The van der Waals surface area contributed by atoms with Crippen LogP contribution in [0, 0.1) is 0 Å². The smallest absolute Gasteiger partial charge is 0.164 e. The molecule has 162 valence electrons. The van der Waals surface area contributed by atoms with Crippen LogP contribution in [0.25, 0.3) is 11.1 Å². The van der Waals surface area contributed by atoms with Gasteiger partial charge in [-0.05, 0) is 41.9 Å². The van der Waals surface area contributed by atoms with Gasteiger partial charge in [-0.1, -0.05) is 90.4 Å². The first-order valence-corrected chi connectivity index (χ1v) is 11.6. The monoisotopic (exact) mass is 480 g/mol. The van der Waals surface area contributed by atoms with Gasteiger partial charge in [-0.3, -0.25) is 0 Å². The molecule has 0 fully saturated rings. The van der Waals surface area contributed by atoms with E-state index < -0.39 is 11.8 Å². The summed E-state index contributed by atoms with van der Waals surface area (Å²) in [6.45, 7) is 7.64. The van der Waals surface area contributed by atoms with Crippen molar-refractivity contribution >= 4 is 21.6 Å².